The third-order valence-electron chi connectivity index (χ3n) is 3.02. The number of hydrogen-bond acceptors (Lipinski definition) is 3. The van der Waals surface area contributed by atoms with Crippen LogP contribution in [0.25, 0.3) is 11.3 Å². The van der Waals surface area contributed by atoms with Gasteiger partial charge in [-0.25, -0.2) is 9.78 Å². The quantitative estimate of drug-likeness (QED) is 0.886. The van der Waals surface area contributed by atoms with Crippen molar-refractivity contribution in [3.63, 3.8) is 0 Å². The molecule has 0 saturated carbocycles. The predicted molar refractivity (Wildman–Crippen MR) is 71.7 cm³/mol. The third-order valence-corrected chi connectivity index (χ3v) is 3.02. The molecule has 5 heteroatoms. The Morgan fingerprint density at radius 2 is 2.21 bits per heavy atom. The van der Waals surface area contributed by atoms with Crippen LogP contribution in [0.1, 0.15) is 28.8 Å². The van der Waals surface area contributed by atoms with E-state index in [-0.39, 0.29) is 5.82 Å². The standard InChI is InChI=1S/C14H16N2O3/c1-4-9-7-10(5-6-11(9)19-3)12-8(2)15-13(16-12)14(17)18/h5-7H,4H2,1-3H3,(H,15,16)(H,17,18). The number of rotatable bonds is 4. The van der Waals surface area contributed by atoms with Gasteiger partial charge in [0.1, 0.15) is 5.75 Å². The zero-order valence-corrected chi connectivity index (χ0v) is 11.2. The van der Waals surface area contributed by atoms with Crippen molar-refractivity contribution >= 4 is 5.97 Å². The summed E-state index contributed by atoms with van der Waals surface area (Å²) in [6.45, 7) is 3.85. The molecule has 2 aromatic rings. The highest BCUT2D eigenvalue weighted by Gasteiger charge is 2.14. The predicted octanol–water partition coefficient (Wildman–Crippen LogP) is 2.65. The maximum Gasteiger partial charge on any atom is 0.371 e. The summed E-state index contributed by atoms with van der Waals surface area (Å²) in [5.41, 5.74) is 3.36. The van der Waals surface area contributed by atoms with Gasteiger partial charge in [-0.1, -0.05) is 6.92 Å². The molecular weight excluding hydrogens is 244 g/mol. The molecule has 0 aliphatic carbocycles. The van der Waals surface area contributed by atoms with Crippen LogP contribution in [0.15, 0.2) is 18.2 Å². The van der Waals surface area contributed by atoms with Crippen molar-refractivity contribution in [2.75, 3.05) is 7.11 Å². The van der Waals surface area contributed by atoms with Crippen molar-refractivity contribution in [3.05, 3.63) is 35.3 Å². The maximum atomic E-state index is 10.9. The number of H-pyrrole nitrogens is 1. The van der Waals surface area contributed by atoms with E-state index in [9.17, 15) is 4.79 Å². The average molecular weight is 260 g/mol. The van der Waals surface area contributed by atoms with E-state index in [1.165, 1.54) is 0 Å². The van der Waals surface area contributed by atoms with Crippen molar-refractivity contribution in [1.29, 1.82) is 0 Å². The van der Waals surface area contributed by atoms with Gasteiger partial charge in [0.15, 0.2) is 0 Å². The minimum Gasteiger partial charge on any atom is -0.496 e. The first kappa shape index (κ1) is 13.1. The average Bonchev–Trinajstić information content (AvgIpc) is 2.80. The fraction of sp³-hybridized carbons (Fsp3) is 0.286. The Hall–Kier alpha value is -2.30. The van der Waals surface area contributed by atoms with E-state index < -0.39 is 5.97 Å². The number of nitrogens with zero attached hydrogens (tertiary/aromatic N) is 1. The van der Waals surface area contributed by atoms with Gasteiger partial charge in [0.05, 0.1) is 12.8 Å². The second kappa shape index (κ2) is 5.14. The zero-order valence-electron chi connectivity index (χ0n) is 11.2. The second-order valence-electron chi connectivity index (χ2n) is 4.24. The maximum absolute atomic E-state index is 10.9. The van der Waals surface area contributed by atoms with Crippen LogP contribution in [-0.4, -0.2) is 28.2 Å². The van der Waals surface area contributed by atoms with Gasteiger partial charge in [0.25, 0.3) is 0 Å². The number of imidazole rings is 1. The van der Waals surface area contributed by atoms with Crippen molar-refractivity contribution in [2.45, 2.75) is 20.3 Å². The van der Waals surface area contributed by atoms with E-state index in [0.29, 0.717) is 5.69 Å². The molecule has 0 unspecified atom stereocenters. The van der Waals surface area contributed by atoms with E-state index in [2.05, 4.69) is 9.97 Å². The van der Waals surface area contributed by atoms with Gasteiger partial charge in [-0.2, -0.15) is 0 Å². The molecule has 0 aliphatic rings. The molecule has 0 amide bonds. The van der Waals surface area contributed by atoms with Crippen LogP contribution < -0.4 is 4.74 Å². The first-order chi connectivity index (χ1) is 9.06. The highest BCUT2D eigenvalue weighted by Crippen LogP contribution is 2.27. The number of methoxy groups -OCH3 is 1. The molecule has 0 saturated heterocycles. The first-order valence-corrected chi connectivity index (χ1v) is 6.04. The number of ether oxygens (including phenoxy) is 1. The minimum absolute atomic E-state index is 0.0404. The Balaban J connectivity index is 2.50. The second-order valence-corrected chi connectivity index (χ2v) is 4.24. The number of hydrogen-bond donors (Lipinski definition) is 2. The van der Waals surface area contributed by atoms with Crippen molar-refractivity contribution in [3.8, 4) is 17.0 Å². The van der Waals surface area contributed by atoms with Gasteiger partial charge in [0, 0.05) is 11.3 Å². The van der Waals surface area contributed by atoms with Crippen molar-refractivity contribution in [1.82, 2.24) is 9.97 Å². The Morgan fingerprint density at radius 1 is 1.47 bits per heavy atom. The molecule has 5 nitrogen and oxygen atoms in total. The Bertz CT molecular complexity index is 617. The largest absolute Gasteiger partial charge is 0.496 e. The monoisotopic (exact) mass is 260 g/mol. The van der Waals surface area contributed by atoms with E-state index >= 15 is 0 Å². The van der Waals surface area contributed by atoms with Gasteiger partial charge in [-0.15, -0.1) is 0 Å². The number of aromatic carboxylic acids is 1. The van der Waals surface area contributed by atoms with Gasteiger partial charge < -0.3 is 14.8 Å². The molecule has 1 heterocycles. The Morgan fingerprint density at radius 3 is 2.74 bits per heavy atom. The molecule has 0 spiro atoms. The third kappa shape index (κ3) is 2.45. The van der Waals surface area contributed by atoms with Gasteiger partial charge in [-0.3, -0.25) is 0 Å². The minimum atomic E-state index is -1.06. The normalized spacial score (nSPS) is 10.5. The molecule has 19 heavy (non-hydrogen) atoms. The smallest absolute Gasteiger partial charge is 0.371 e. The molecule has 0 fully saturated rings. The topological polar surface area (TPSA) is 75.2 Å². The number of carboxylic acids is 1. The summed E-state index contributed by atoms with van der Waals surface area (Å²) in [7, 11) is 1.64. The summed E-state index contributed by atoms with van der Waals surface area (Å²) in [6.07, 6.45) is 0.840. The lowest BCUT2D eigenvalue weighted by Gasteiger charge is -2.08. The summed E-state index contributed by atoms with van der Waals surface area (Å²) in [4.78, 5) is 17.8. The number of carbonyl (C=O) groups is 1. The zero-order chi connectivity index (χ0) is 14.0. The molecule has 1 aromatic heterocycles. The van der Waals surface area contributed by atoms with Crippen LogP contribution in [0, 0.1) is 6.92 Å². The van der Waals surface area contributed by atoms with Crippen LogP contribution in [0.3, 0.4) is 0 Å². The summed E-state index contributed by atoms with van der Waals surface area (Å²) in [6, 6.07) is 5.74. The SMILES string of the molecule is CCc1cc(-c2nc(C(=O)O)[nH]c2C)ccc1OC. The van der Waals surface area contributed by atoms with E-state index in [1.807, 2.05) is 32.0 Å². The molecular formula is C14H16N2O3. The van der Waals surface area contributed by atoms with Gasteiger partial charge >= 0.3 is 5.97 Å². The summed E-state index contributed by atoms with van der Waals surface area (Å²) in [5.74, 6) is -0.266. The molecule has 2 rings (SSSR count). The Labute approximate surface area is 111 Å². The summed E-state index contributed by atoms with van der Waals surface area (Å²) >= 11 is 0. The van der Waals surface area contributed by atoms with Crippen molar-refractivity contribution in [2.24, 2.45) is 0 Å². The fourth-order valence-corrected chi connectivity index (χ4v) is 2.04. The van der Waals surface area contributed by atoms with Gasteiger partial charge in [-0.05, 0) is 37.1 Å². The van der Waals surface area contributed by atoms with Crippen LogP contribution in [0.4, 0.5) is 0 Å². The molecule has 1 aromatic carbocycles. The summed E-state index contributed by atoms with van der Waals surface area (Å²) < 4.78 is 5.28. The first-order valence-electron chi connectivity index (χ1n) is 6.04. The highest BCUT2D eigenvalue weighted by atomic mass is 16.5. The fourth-order valence-electron chi connectivity index (χ4n) is 2.04. The number of benzene rings is 1. The van der Waals surface area contributed by atoms with E-state index in [0.717, 1.165) is 29.0 Å². The number of aromatic nitrogens is 2. The molecule has 2 N–H and O–H groups in total. The molecule has 0 radical (unpaired) electrons. The lowest BCUT2D eigenvalue weighted by molar-refractivity contribution is 0.0684. The van der Waals surface area contributed by atoms with Gasteiger partial charge in [0.2, 0.25) is 5.82 Å². The van der Waals surface area contributed by atoms with Crippen LogP contribution in [0.5, 0.6) is 5.75 Å². The van der Waals surface area contributed by atoms with Crippen LogP contribution >= 0.6 is 0 Å². The molecule has 0 bridgehead atoms. The van der Waals surface area contributed by atoms with E-state index in [4.69, 9.17) is 9.84 Å². The molecule has 0 aliphatic heterocycles. The van der Waals surface area contributed by atoms with Crippen LogP contribution in [-0.2, 0) is 6.42 Å². The highest BCUT2D eigenvalue weighted by molar-refractivity contribution is 5.84. The molecule has 0 atom stereocenters. The number of nitrogens with one attached hydrogen (secondary N) is 1. The van der Waals surface area contributed by atoms with E-state index in [1.54, 1.807) is 7.11 Å². The molecule has 100 valence electrons. The van der Waals surface area contributed by atoms with Crippen molar-refractivity contribution < 1.29 is 14.6 Å². The van der Waals surface area contributed by atoms with Crippen LogP contribution in [0.2, 0.25) is 0 Å². The Kier molecular flexibility index (Phi) is 3.55. The number of aryl methyl sites for hydroxylation is 2. The summed E-state index contributed by atoms with van der Waals surface area (Å²) in [5, 5.41) is 8.94. The number of aromatic amines is 1. The lowest BCUT2D eigenvalue weighted by atomic mass is 10.0. The number of carboxylic acid groups (broad SMARTS) is 1. The lowest BCUT2D eigenvalue weighted by Crippen LogP contribution is -1.98.